The van der Waals surface area contributed by atoms with Crippen LogP contribution >= 0.6 is 0 Å². The molecule has 0 amide bonds. The summed E-state index contributed by atoms with van der Waals surface area (Å²) in [7, 11) is -3.32. The summed E-state index contributed by atoms with van der Waals surface area (Å²) in [5.41, 5.74) is 1.16. The van der Waals surface area contributed by atoms with E-state index >= 15 is 0 Å². The van der Waals surface area contributed by atoms with Gasteiger partial charge in [-0.3, -0.25) is 0 Å². The average molecular weight is 254 g/mol. The minimum atomic E-state index is -3.32. The number of sulfonamides is 1. The van der Waals surface area contributed by atoms with Gasteiger partial charge >= 0.3 is 0 Å². The van der Waals surface area contributed by atoms with E-state index in [-0.39, 0.29) is 0 Å². The van der Waals surface area contributed by atoms with Crippen LogP contribution in [0.2, 0.25) is 0 Å². The van der Waals surface area contributed by atoms with Gasteiger partial charge in [0, 0.05) is 12.6 Å². The molecule has 2 rings (SSSR count). The smallest absolute Gasteiger partial charge is 0.240 e. The summed E-state index contributed by atoms with van der Waals surface area (Å²) < 4.78 is 26.0. The van der Waals surface area contributed by atoms with Gasteiger partial charge in [-0.05, 0) is 37.1 Å². The summed E-state index contributed by atoms with van der Waals surface area (Å²) in [4.78, 5) is 0.334. The Morgan fingerprint density at radius 1 is 1.35 bits per heavy atom. The molecule has 0 aromatic heterocycles. The summed E-state index contributed by atoms with van der Waals surface area (Å²) in [5, 5.41) is 3.39. The molecule has 94 valence electrons. The van der Waals surface area contributed by atoms with Crippen molar-refractivity contribution in [3.8, 4) is 0 Å². The molecule has 17 heavy (non-hydrogen) atoms. The number of hydrogen-bond acceptors (Lipinski definition) is 3. The van der Waals surface area contributed by atoms with Crippen LogP contribution in [0.3, 0.4) is 0 Å². The van der Waals surface area contributed by atoms with Crippen molar-refractivity contribution in [2.45, 2.75) is 30.7 Å². The minimum Gasteiger partial charge on any atom is -0.310 e. The molecular weight excluding hydrogens is 236 g/mol. The minimum absolute atomic E-state index is 0.334. The maximum atomic E-state index is 11.7. The third kappa shape index (κ3) is 2.86. The zero-order valence-electron chi connectivity index (χ0n) is 9.94. The van der Waals surface area contributed by atoms with Gasteiger partial charge in [-0.1, -0.05) is 19.1 Å². The predicted octanol–water partition coefficient (Wildman–Crippen LogP) is 1.41. The average Bonchev–Trinajstić information content (AvgIpc) is 2.82. The summed E-state index contributed by atoms with van der Waals surface area (Å²) in [6, 6.07) is 7.52. The Kier molecular flexibility index (Phi) is 3.81. The first-order chi connectivity index (χ1) is 8.13. The van der Waals surface area contributed by atoms with Gasteiger partial charge in [0.15, 0.2) is 0 Å². The zero-order chi connectivity index (χ0) is 12.3. The third-order valence-electron chi connectivity index (χ3n) is 2.99. The molecule has 1 heterocycles. The van der Waals surface area contributed by atoms with Crippen LogP contribution in [-0.2, 0) is 10.0 Å². The van der Waals surface area contributed by atoms with Crippen LogP contribution in [0.5, 0.6) is 0 Å². The van der Waals surface area contributed by atoms with Crippen molar-refractivity contribution in [1.82, 2.24) is 10.0 Å². The van der Waals surface area contributed by atoms with Gasteiger partial charge in [0.2, 0.25) is 10.0 Å². The van der Waals surface area contributed by atoms with Crippen molar-refractivity contribution in [3.05, 3.63) is 29.8 Å². The second kappa shape index (κ2) is 5.16. The Labute approximate surface area is 102 Å². The molecule has 1 aliphatic heterocycles. The van der Waals surface area contributed by atoms with Crippen molar-refractivity contribution in [1.29, 1.82) is 0 Å². The van der Waals surface area contributed by atoms with E-state index in [1.807, 2.05) is 12.1 Å². The summed E-state index contributed by atoms with van der Waals surface area (Å²) in [6.45, 7) is 3.23. The zero-order valence-corrected chi connectivity index (χ0v) is 10.8. The maximum Gasteiger partial charge on any atom is 0.240 e. The lowest BCUT2D eigenvalue weighted by Gasteiger charge is -2.11. The maximum absolute atomic E-state index is 11.7. The molecular formula is C12H18N2O2S. The molecule has 0 aliphatic carbocycles. The molecule has 1 saturated heterocycles. The quantitative estimate of drug-likeness (QED) is 0.854. The van der Waals surface area contributed by atoms with Crippen molar-refractivity contribution in [2.24, 2.45) is 0 Å². The number of nitrogens with one attached hydrogen (secondary N) is 2. The highest BCUT2D eigenvalue weighted by Crippen LogP contribution is 2.23. The van der Waals surface area contributed by atoms with E-state index in [2.05, 4.69) is 10.0 Å². The number of rotatable bonds is 4. The topological polar surface area (TPSA) is 58.2 Å². The molecule has 1 fully saturated rings. The van der Waals surface area contributed by atoms with Crippen LogP contribution in [0.15, 0.2) is 29.2 Å². The molecule has 0 radical (unpaired) electrons. The summed E-state index contributed by atoms with van der Waals surface area (Å²) >= 11 is 0. The van der Waals surface area contributed by atoms with E-state index in [4.69, 9.17) is 0 Å². The van der Waals surface area contributed by atoms with Crippen LogP contribution in [0.1, 0.15) is 31.4 Å². The lowest BCUT2D eigenvalue weighted by molar-refractivity contribution is 0.583. The van der Waals surface area contributed by atoms with E-state index in [1.165, 1.54) is 6.42 Å². The van der Waals surface area contributed by atoms with Crippen molar-refractivity contribution >= 4 is 10.0 Å². The standard InChI is InChI=1S/C12H18N2O2S/c1-2-14-17(15,16)11-7-5-10(6-8-11)12-4-3-9-13-12/h5-8,12-14H,2-4,9H2,1H3. The van der Waals surface area contributed by atoms with Crippen LogP contribution < -0.4 is 10.0 Å². The molecule has 0 spiro atoms. The first-order valence-electron chi connectivity index (χ1n) is 5.96. The van der Waals surface area contributed by atoms with Crippen molar-refractivity contribution in [3.63, 3.8) is 0 Å². The van der Waals surface area contributed by atoms with Gasteiger partial charge in [-0.15, -0.1) is 0 Å². The molecule has 5 heteroatoms. The van der Waals surface area contributed by atoms with E-state index in [0.717, 1.165) is 18.5 Å². The van der Waals surface area contributed by atoms with E-state index < -0.39 is 10.0 Å². The van der Waals surface area contributed by atoms with Crippen LogP contribution in [0.4, 0.5) is 0 Å². The van der Waals surface area contributed by atoms with Crippen molar-refractivity contribution < 1.29 is 8.42 Å². The summed E-state index contributed by atoms with van der Waals surface area (Å²) in [6.07, 6.45) is 2.31. The first-order valence-corrected chi connectivity index (χ1v) is 7.45. The van der Waals surface area contributed by atoms with Gasteiger partial charge in [0.1, 0.15) is 0 Å². The molecule has 0 saturated carbocycles. The second-order valence-electron chi connectivity index (χ2n) is 4.22. The fourth-order valence-corrected chi connectivity index (χ4v) is 3.16. The highest BCUT2D eigenvalue weighted by atomic mass is 32.2. The molecule has 1 atom stereocenters. The SMILES string of the molecule is CCNS(=O)(=O)c1ccc(C2CCCN2)cc1. The predicted molar refractivity (Wildman–Crippen MR) is 67.3 cm³/mol. The molecule has 1 unspecified atom stereocenters. The molecule has 0 bridgehead atoms. The van der Waals surface area contributed by atoms with Crippen molar-refractivity contribution in [2.75, 3.05) is 13.1 Å². The van der Waals surface area contributed by atoms with Gasteiger partial charge in [-0.2, -0.15) is 0 Å². The summed E-state index contributed by atoms with van der Waals surface area (Å²) in [5.74, 6) is 0. The molecule has 2 N–H and O–H groups in total. The van der Waals surface area contributed by atoms with Crippen LogP contribution in [0.25, 0.3) is 0 Å². The highest BCUT2D eigenvalue weighted by Gasteiger charge is 2.17. The van der Waals surface area contributed by atoms with E-state index in [1.54, 1.807) is 19.1 Å². The first kappa shape index (κ1) is 12.5. The molecule has 1 aromatic carbocycles. The lowest BCUT2D eigenvalue weighted by Crippen LogP contribution is -2.23. The Bertz CT molecular complexity index is 462. The monoisotopic (exact) mass is 254 g/mol. The largest absolute Gasteiger partial charge is 0.310 e. The van der Waals surface area contributed by atoms with Gasteiger partial charge in [0.25, 0.3) is 0 Å². The Morgan fingerprint density at radius 2 is 2.06 bits per heavy atom. The van der Waals surface area contributed by atoms with Crippen LogP contribution in [-0.4, -0.2) is 21.5 Å². The fourth-order valence-electron chi connectivity index (χ4n) is 2.12. The third-order valence-corrected chi connectivity index (χ3v) is 4.55. The number of benzene rings is 1. The Hall–Kier alpha value is -0.910. The molecule has 1 aliphatic rings. The van der Waals surface area contributed by atoms with Gasteiger partial charge in [0.05, 0.1) is 4.90 Å². The van der Waals surface area contributed by atoms with Gasteiger partial charge < -0.3 is 5.32 Å². The van der Waals surface area contributed by atoms with E-state index in [0.29, 0.717) is 17.5 Å². The van der Waals surface area contributed by atoms with Crippen LogP contribution in [0, 0.1) is 0 Å². The second-order valence-corrected chi connectivity index (χ2v) is 5.99. The van der Waals surface area contributed by atoms with E-state index in [9.17, 15) is 8.42 Å². The number of hydrogen-bond donors (Lipinski definition) is 2. The Balaban J connectivity index is 2.18. The molecule has 4 nitrogen and oxygen atoms in total. The van der Waals surface area contributed by atoms with Gasteiger partial charge in [-0.25, -0.2) is 13.1 Å². The molecule has 1 aromatic rings. The highest BCUT2D eigenvalue weighted by molar-refractivity contribution is 7.89. The Morgan fingerprint density at radius 3 is 2.59 bits per heavy atom. The normalized spacial score (nSPS) is 20.6. The lowest BCUT2D eigenvalue weighted by atomic mass is 10.1. The fraction of sp³-hybridized carbons (Fsp3) is 0.500.